The smallest absolute Gasteiger partial charge is 0.407 e. The van der Waals surface area contributed by atoms with Crippen LogP contribution >= 0.6 is 0 Å². The average molecular weight is 273 g/mol. The quantitative estimate of drug-likeness (QED) is 0.903. The molecular weight excluding hydrogens is 254 g/mol. The summed E-state index contributed by atoms with van der Waals surface area (Å²) in [6.07, 6.45) is 7.00. The maximum Gasteiger partial charge on any atom is 0.407 e. The molecule has 0 spiro atoms. The summed E-state index contributed by atoms with van der Waals surface area (Å²) in [6, 6.07) is 3.93. The Hall–Kier alpha value is -2.30. The number of aromatic amines is 1. The van der Waals surface area contributed by atoms with E-state index in [1.54, 1.807) is 6.20 Å². The average Bonchev–Trinajstić information content (AvgIpc) is 2.79. The number of pyridine rings is 1. The summed E-state index contributed by atoms with van der Waals surface area (Å²) in [5.41, 5.74) is 2.43. The number of H-pyrrole nitrogens is 1. The van der Waals surface area contributed by atoms with Crippen LogP contribution in [0.5, 0.6) is 0 Å². The number of amides is 1. The molecule has 0 fully saturated rings. The van der Waals surface area contributed by atoms with Gasteiger partial charge in [0, 0.05) is 18.9 Å². The van der Waals surface area contributed by atoms with Crippen molar-refractivity contribution in [3.8, 4) is 0 Å². The van der Waals surface area contributed by atoms with Crippen molar-refractivity contribution in [2.45, 2.75) is 26.4 Å². The van der Waals surface area contributed by atoms with Gasteiger partial charge in [-0.25, -0.2) is 4.79 Å². The first-order chi connectivity index (χ1) is 9.44. The van der Waals surface area contributed by atoms with Crippen LogP contribution in [0.25, 0.3) is 17.1 Å². The van der Waals surface area contributed by atoms with Gasteiger partial charge < -0.3 is 15.0 Å². The minimum Gasteiger partial charge on any atom is -0.444 e. The molecule has 2 rings (SSSR count). The second kappa shape index (κ2) is 5.77. The first-order valence-corrected chi connectivity index (χ1v) is 6.50. The third-order valence-corrected chi connectivity index (χ3v) is 2.49. The Morgan fingerprint density at radius 2 is 2.30 bits per heavy atom. The number of carbonyl (C=O) groups is 1. The van der Waals surface area contributed by atoms with E-state index in [1.807, 2.05) is 51.3 Å². The summed E-state index contributed by atoms with van der Waals surface area (Å²) in [4.78, 5) is 18.8. The molecule has 5 nitrogen and oxygen atoms in total. The minimum atomic E-state index is -0.476. The predicted octanol–water partition coefficient (Wildman–Crippen LogP) is 3.10. The van der Waals surface area contributed by atoms with Gasteiger partial charge in [-0.05, 0) is 38.5 Å². The Labute approximate surface area is 118 Å². The SMILES string of the molecule is CC(C)(C)OC(=O)NCC=Cc1cnc2cc[nH]c2c1. The molecule has 2 heterocycles. The van der Waals surface area contributed by atoms with Gasteiger partial charge in [0.05, 0.1) is 11.0 Å². The van der Waals surface area contributed by atoms with Crippen molar-refractivity contribution in [3.63, 3.8) is 0 Å². The monoisotopic (exact) mass is 273 g/mol. The normalized spacial score (nSPS) is 11.9. The molecule has 2 aromatic rings. The van der Waals surface area contributed by atoms with Crippen molar-refractivity contribution in [2.75, 3.05) is 6.54 Å². The third kappa shape index (κ3) is 4.12. The van der Waals surface area contributed by atoms with Crippen molar-refractivity contribution < 1.29 is 9.53 Å². The summed E-state index contributed by atoms with van der Waals surface area (Å²) in [5, 5.41) is 2.67. The lowest BCUT2D eigenvalue weighted by atomic mass is 10.2. The molecule has 0 aromatic carbocycles. The van der Waals surface area contributed by atoms with Crippen LogP contribution in [0.15, 0.2) is 30.6 Å². The molecule has 0 aliphatic heterocycles. The van der Waals surface area contributed by atoms with Crippen LogP contribution in [0.3, 0.4) is 0 Å². The van der Waals surface area contributed by atoms with Crippen LogP contribution in [-0.2, 0) is 4.74 Å². The molecule has 0 aliphatic rings. The number of ether oxygens (including phenoxy) is 1. The highest BCUT2D eigenvalue weighted by atomic mass is 16.6. The highest BCUT2D eigenvalue weighted by Gasteiger charge is 2.14. The van der Waals surface area contributed by atoms with E-state index in [1.165, 1.54) is 0 Å². The van der Waals surface area contributed by atoms with E-state index in [9.17, 15) is 4.79 Å². The zero-order chi connectivity index (χ0) is 14.6. The summed E-state index contributed by atoms with van der Waals surface area (Å²) >= 11 is 0. The van der Waals surface area contributed by atoms with E-state index >= 15 is 0 Å². The van der Waals surface area contributed by atoms with E-state index in [-0.39, 0.29) is 0 Å². The first kappa shape index (κ1) is 14.1. The van der Waals surface area contributed by atoms with Gasteiger partial charge in [-0.3, -0.25) is 4.98 Å². The van der Waals surface area contributed by atoms with Crippen LogP contribution in [0.2, 0.25) is 0 Å². The Kier molecular flexibility index (Phi) is 4.08. The van der Waals surface area contributed by atoms with Gasteiger partial charge in [0.25, 0.3) is 0 Å². The van der Waals surface area contributed by atoms with Gasteiger partial charge in [0.2, 0.25) is 0 Å². The van der Waals surface area contributed by atoms with E-state index in [2.05, 4.69) is 15.3 Å². The lowest BCUT2D eigenvalue weighted by Crippen LogP contribution is -2.32. The Bertz CT molecular complexity index is 623. The Balaban J connectivity index is 1.85. The molecule has 106 valence electrons. The van der Waals surface area contributed by atoms with Crippen LogP contribution < -0.4 is 5.32 Å². The third-order valence-electron chi connectivity index (χ3n) is 2.49. The fourth-order valence-electron chi connectivity index (χ4n) is 1.69. The minimum absolute atomic E-state index is 0.414. The molecule has 20 heavy (non-hydrogen) atoms. The lowest BCUT2D eigenvalue weighted by Gasteiger charge is -2.19. The Morgan fingerprint density at radius 3 is 3.05 bits per heavy atom. The van der Waals surface area contributed by atoms with Crippen LogP contribution in [0.1, 0.15) is 26.3 Å². The number of nitrogens with zero attached hydrogens (tertiary/aromatic N) is 1. The van der Waals surface area contributed by atoms with Gasteiger partial charge in [0.1, 0.15) is 5.60 Å². The van der Waals surface area contributed by atoms with Crippen LogP contribution in [-0.4, -0.2) is 28.2 Å². The van der Waals surface area contributed by atoms with Crippen LogP contribution in [0, 0.1) is 0 Å². The lowest BCUT2D eigenvalue weighted by molar-refractivity contribution is 0.0534. The van der Waals surface area contributed by atoms with Gasteiger partial charge in [0.15, 0.2) is 0 Å². The van der Waals surface area contributed by atoms with Gasteiger partial charge >= 0.3 is 6.09 Å². The fourth-order valence-corrected chi connectivity index (χ4v) is 1.69. The molecule has 1 amide bonds. The maximum absolute atomic E-state index is 11.4. The second-order valence-corrected chi connectivity index (χ2v) is 5.46. The van der Waals surface area contributed by atoms with E-state index < -0.39 is 11.7 Å². The molecule has 5 heteroatoms. The predicted molar refractivity (Wildman–Crippen MR) is 79.4 cm³/mol. The molecular formula is C15H19N3O2. The molecule has 0 aliphatic carbocycles. The molecule has 0 atom stereocenters. The first-order valence-electron chi connectivity index (χ1n) is 6.50. The molecule has 0 saturated heterocycles. The van der Waals surface area contributed by atoms with Crippen molar-refractivity contribution in [2.24, 2.45) is 0 Å². The summed E-state index contributed by atoms with van der Waals surface area (Å²) in [7, 11) is 0. The maximum atomic E-state index is 11.4. The van der Waals surface area contributed by atoms with Gasteiger partial charge in [-0.2, -0.15) is 0 Å². The second-order valence-electron chi connectivity index (χ2n) is 5.46. The summed E-state index contributed by atoms with van der Waals surface area (Å²) in [5.74, 6) is 0. The largest absolute Gasteiger partial charge is 0.444 e. The number of fused-ring (bicyclic) bond motifs is 1. The number of nitrogens with one attached hydrogen (secondary N) is 2. The highest BCUT2D eigenvalue weighted by Crippen LogP contribution is 2.11. The zero-order valence-corrected chi connectivity index (χ0v) is 11.9. The van der Waals surface area contributed by atoms with Gasteiger partial charge in [-0.15, -0.1) is 0 Å². The summed E-state index contributed by atoms with van der Waals surface area (Å²) < 4.78 is 5.14. The number of hydrogen-bond donors (Lipinski definition) is 2. The van der Waals surface area contributed by atoms with E-state index in [0.717, 1.165) is 16.6 Å². The Morgan fingerprint density at radius 1 is 1.50 bits per heavy atom. The van der Waals surface area contributed by atoms with Crippen molar-refractivity contribution in [3.05, 3.63) is 36.2 Å². The highest BCUT2D eigenvalue weighted by molar-refractivity contribution is 5.77. The number of rotatable bonds is 3. The number of alkyl carbamates (subject to hydrolysis) is 1. The molecule has 0 bridgehead atoms. The fraction of sp³-hybridized carbons (Fsp3) is 0.333. The summed E-state index contributed by atoms with van der Waals surface area (Å²) in [6.45, 7) is 5.91. The molecule has 2 N–H and O–H groups in total. The molecule has 2 aromatic heterocycles. The number of hydrogen-bond acceptors (Lipinski definition) is 3. The van der Waals surface area contributed by atoms with Crippen molar-refractivity contribution in [1.82, 2.24) is 15.3 Å². The van der Waals surface area contributed by atoms with Gasteiger partial charge in [-0.1, -0.05) is 12.2 Å². The molecule has 0 saturated carbocycles. The molecule has 0 unspecified atom stereocenters. The number of carbonyl (C=O) groups excluding carboxylic acids is 1. The standard InChI is InChI=1S/C15H19N3O2/c1-15(2,3)20-14(19)17-7-4-5-11-9-13-12(18-10-11)6-8-16-13/h4-6,8-10,16H,7H2,1-3H3,(H,17,19). The van der Waals surface area contributed by atoms with E-state index in [0.29, 0.717) is 6.54 Å². The topological polar surface area (TPSA) is 67.0 Å². The molecule has 0 radical (unpaired) electrons. The van der Waals surface area contributed by atoms with E-state index in [4.69, 9.17) is 4.74 Å². The van der Waals surface area contributed by atoms with Crippen LogP contribution in [0.4, 0.5) is 4.79 Å². The number of aromatic nitrogens is 2. The van der Waals surface area contributed by atoms with Crippen molar-refractivity contribution >= 4 is 23.2 Å². The van der Waals surface area contributed by atoms with Crippen molar-refractivity contribution in [1.29, 1.82) is 0 Å². The zero-order valence-electron chi connectivity index (χ0n) is 11.9.